The van der Waals surface area contributed by atoms with Gasteiger partial charge in [-0.05, 0) is 24.1 Å². The zero-order chi connectivity index (χ0) is 17.4. The molecule has 5 rings (SSSR count). The van der Waals surface area contributed by atoms with E-state index in [0.717, 1.165) is 34.5 Å². The van der Waals surface area contributed by atoms with Crippen molar-refractivity contribution in [3.05, 3.63) is 58.0 Å². The van der Waals surface area contributed by atoms with Gasteiger partial charge in [-0.15, -0.1) is 0 Å². The van der Waals surface area contributed by atoms with Gasteiger partial charge >= 0.3 is 5.97 Å². The van der Waals surface area contributed by atoms with E-state index in [2.05, 4.69) is 17.5 Å². The maximum absolute atomic E-state index is 13.7. The van der Waals surface area contributed by atoms with Crippen LogP contribution in [0.5, 0.6) is 0 Å². The van der Waals surface area contributed by atoms with Gasteiger partial charge < -0.3 is 19.9 Å². The number of nitrogens with zero attached hydrogens (tertiary/aromatic N) is 1. The van der Waals surface area contributed by atoms with Crippen LogP contribution in [0.25, 0.3) is 0 Å². The lowest BCUT2D eigenvalue weighted by Crippen LogP contribution is -2.61. The molecule has 2 saturated heterocycles. The van der Waals surface area contributed by atoms with Gasteiger partial charge in [-0.2, -0.15) is 0 Å². The molecule has 1 aromatic rings. The van der Waals surface area contributed by atoms with Crippen molar-refractivity contribution in [2.75, 3.05) is 25.5 Å². The lowest BCUT2D eigenvalue weighted by Gasteiger charge is -2.56. The molecule has 4 aliphatic rings. The van der Waals surface area contributed by atoms with Crippen LogP contribution >= 0.6 is 0 Å². The summed E-state index contributed by atoms with van der Waals surface area (Å²) in [5, 5.41) is 17.2. The fourth-order valence-electron chi connectivity index (χ4n) is 5.95. The Balaban J connectivity index is 1.88. The smallest absolute Gasteiger partial charge is 0.336 e. The largest absolute Gasteiger partial charge is 0.632 e. The number of benzene rings is 1. The highest BCUT2D eigenvalue weighted by Gasteiger charge is 2.68. The van der Waals surface area contributed by atoms with E-state index in [-0.39, 0.29) is 22.6 Å². The van der Waals surface area contributed by atoms with Crippen molar-refractivity contribution in [3.63, 3.8) is 0 Å². The number of hydroxylamine groups is 3. The SMILES string of the molecule is C/C=C1/C2CC[N@@+]3([O-])CC[C@@]4(C(=C2C(=O)OC)Nc2ccccc24)[C@@H]13. The normalized spacial score (nSPS) is 39.1. The van der Waals surface area contributed by atoms with Gasteiger partial charge in [0, 0.05) is 30.1 Å². The molecule has 1 unspecified atom stereocenters. The molecule has 1 aromatic carbocycles. The molecule has 1 aliphatic carbocycles. The van der Waals surface area contributed by atoms with Gasteiger partial charge in [0.25, 0.3) is 0 Å². The fraction of sp³-hybridized carbons (Fsp3) is 0.450. The van der Waals surface area contributed by atoms with Gasteiger partial charge in [0.15, 0.2) is 0 Å². The molecule has 5 heteroatoms. The number of carbonyl (C=O) groups is 1. The van der Waals surface area contributed by atoms with Crippen LogP contribution in [0.4, 0.5) is 5.69 Å². The van der Waals surface area contributed by atoms with Crippen molar-refractivity contribution >= 4 is 11.7 Å². The first-order chi connectivity index (χ1) is 12.1. The second-order valence-electron chi connectivity index (χ2n) is 7.60. The monoisotopic (exact) mass is 338 g/mol. The fourth-order valence-corrected chi connectivity index (χ4v) is 5.95. The lowest BCUT2D eigenvalue weighted by atomic mass is 9.60. The molecule has 5 nitrogen and oxygen atoms in total. The third kappa shape index (κ3) is 1.59. The Hall–Kier alpha value is -2.11. The highest BCUT2D eigenvalue weighted by Crippen LogP contribution is 2.64. The van der Waals surface area contributed by atoms with Crippen molar-refractivity contribution in [1.29, 1.82) is 0 Å². The summed E-state index contributed by atoms with van der Waals surface area (Å²) in [4.78, 5) is 12.7. The van der Waals surface area contributed by atoms with Crippen LogP contribution in [-0.4, -0.2) is 36.9 Å². The number of esters is 1. The van der Waals surface area contributed by atoms with E-state index in [1.54, 1.807) is 0 Å². The predicted molar refractivity (Wildman–Crippen MR) is 94.4 cm³/mol. The van der Waals surface area contributed by atoms with E-state index < -0.39 is 5.41 Å². The third-order valence-electron chi connectivity index (χ3n) is 6.81. The van der Waals surface area contributed by atoms with Crippen LogP contribution < -0.4 is 5.32 Å². The topological polar surface area (TPSA) is 61.4 Å². The summed E-state index contributed by atoms with van der Waals surface area (Å²) in [6, 6.07) is 8.05. The molecule has 1 N–H and O–H groups in total. The van der Waals surface area contributed by atoms with E-state index in [4.69, 9.17) is 4.74 Å². The number of anilines is 1. The number of nitrogens with one attached hydrogen (secondary N) is 1. The summed E-state index contributed by atoms with van der Waals surface area (Å²) in [5.74, 6) is -0.277. The first kappa shape index (κ1) is 15.2. The summed E-state index contributed by atoms with van der Waals surface area (Å²) in [5.41, 5.74) is 4.55. The molecule has 0 amide bonds. The number of allylic oxidation sites excluding steroid dienone is 1. The van der Waals surface area contributed by atoms with Crippen LogP contribution in [0.2, 0.25) is 0 Å². The molecule has 25 heavy (non-hydrogen) atoms. The quantitative estimate of drug-likeness (QED) is 0.370. The number of hydrogen-bond acceptors (Lipinski definition) is 4. The number of methoxy groups -OCH3 is 1. The molecule has 0 radical (unpaired) electrons. The molecule has 3 heterocycles. The van der Waals surface area contributed by atoms with Gasteiger partial charge in [0.05, 0.1) is 31.2 Å². The van der Waals surface area contributed by atoms with E-state index in [1.807, 2.05) is 25.1 Å². The van der Waals surface area contributed by atoms with Gasteiger partial charge in [-0.3, -0.25) is 0 Å². The van der Waals surface area contributed by atoms with E-state index in [0.29, 0.717) is 19.5 Å². The number of carbonyl (C=O) groups excluding carboxylic acids is 1. The standard InChI is InChI=1S/C20H22N2O3/c1-3-12-13-8-10-22(24)11-9-20(18(12)22)14-6-4-5-7-15(14)21-17(20)16(13)19(23)25-2/h3-7,13,18,21H,8-11H2,1-2H3/b12-3-/t13?,18-,20-,22-/m1/s1. The van der Waals surface area contributed by atoms with Gasteiger partial charge in [-0.25, -0.2) is 4.79 Å². The zero-order valence-electron chi connectivity index (χ0n) is 14.5. The summed E-state index contributed by atoms with van der Waals surface area (Å²) in [6.45, 7) is 3.17. The maximum atomic E-state index is 13.7. The number of hydrogen-bond donors (Lipinski definition) is 1. The van der Waals surface area contributed by atoms with Crippen LogP contribution in [-0.2, 0) is 14.9 Å². The Morgan fingerprint density at radius 1 is 1.40 bits per heavy atom. The Labute approximate surface area is 147 Å². The minimum Gasteiger partial charge on any atom is -0.632 e. The number of para-hydroxylation sites is 1. The second kappa shape index (κ2) is 4.74. The molecule has 0 saturated carbocycles. The average molecular weight is 338 g/mol. The first-order valence-corrected chi connectivity index (χ1v) is 9.00. The highest BCUT2D eigenvalue weighted by molar-refractivity contribution is 5.94. The van der Waals surface area contributed by atoms with Crippen LogP contribution in [0.3, 0.4) is 0 Å². The summed E-state index contributed by atoms with van der Waals surface area (Å²) in [7, 11) is 1.44. The number of piperidine rings is 1. The van der Waals surface area contributed by atoms with Crippen molar-refractivity contribution < 1.29 is 14.2 Å². The average Bonchev–Trinajstić information content (AvgIpc) is 3.14. The van der Waals surface area contributed by atoms with E-state index in [1.165, 1.54) is 7.11 Å². The predicted octanol–water partition coefficient (Wildman–Crippen LogP) is 2.84. The minimum absolute atomic E-state index is 0.00862. The van der Waals surface area contributed by atoms with Crippen molar-refractivity contribution in [1.82, 2.24) is 0 Å². The number of ether oxygens (including phenoxy) is 1. The molecule has 4 atom stereocenters. The summed E-state index contributed by atoms with van der Waals surface area (Å²) in [6.07, 6.45) is 3.56. The molecule has 2 fully saturated rings. The zero-order valence-corrected chi connectivity index (χ0v) is 14.5. The van der Waals surface area contributed by atoms with Crippen molar-refractivity contribution in [2.45, 2.75) is 31.2 Å². The van der Waals surface area contributed by atoms with E-state index in [9.17, 15) is 10.0 Å². The Morgan fingerprint density at radius 2 is 2.20 bits per heavy atom. The minimum atomic E-state index is -0.416. The molecule has 130 valence electrons. The van der Waals surface area contributed by atoms with Gasteiger partial charge in [0.1, 0.15) is 6.04 Å². The molecular weight excluding hydrogens is 316 g/mol. The number of quaternary nitrogens is 1. The Kier molecular flexibility index (Phi) is 2.88. The van der Waals surface area contributed by atoms with Crippen molar-refractivity contribution in [3.8, 4) is 0 Å². The summed E-state index contributed by atoms with van der Waals surface area (Å²) >= 11 is 0. The maximum Gasteiger partial charge on any atom is 0.336 e. The highest BCUT2D eigenvalue weighted by atomic mass is 16.6. The molecule has 0 aromatic heterocycles. The molecule has 2 bridgehead atoms. The molecular formula is C20H22N2O3. The number of fused-ring (bicyclic) bond motifs is 2. The van der Waals surface area contributed by atoms with Crippen molar-refractivity contribution in [2.24, 2.45) is 5.92 Å². The molecule has 3 aliphatic heterocycles. The Morgan fingerprint density at radius 3 is 2.96 bits per heavy atom. The second-order valence-corrected chi connectivity index (χ2v) is 7.60. The lowest BCUT2D eigenvalue weighted by molar-refractivity contribution is -0.894. The first-order valence-electron chi connectivity index (χ1n) is 9.00. The van der Waals surface area contributed by atoms with E-state index >= 15 is 0 Å². The Bertz CT molecular complexity index is 858. The van der Waals surface area contributed by atoms with Gasteiger partial charge in [-0.1, -0.05) is 24.3 Å². The van der Waals surface area contributed by atoms with Crippen LogP contribution in [0, 0.1) is 11.1 Å². The third-order valence-corrected chi connectivity index (χ3v) is 6.81. The van der Waals surface area contributed by atoms with Crippen LogP contribution in [0.1, 0.15) is 25.3 Å². The van der Waals surface area contributed by atoms with Gasteiger partial charge in [0.2, 0.25) is 0 Å². The van der Waals surface area contributed by atoms with Crippen LogP contribution in [0.15, 0.2) is 47.2 Å². The molecule has 1 spiro atoms. The summed E-state index contributed by atoms with van der Waals surface area (Å²) < 4.78 is 5.00. The number of rotatable bonds is 1.